The summed E-state index contributed by atoms with van der Waals surface area (Å²) in [6.45, 7) is 2.32. The summed E-state index contributed by atoms with van der Waals surface area (Å²) >= 11 is 1.87. The average molecular weight is 335 g/mol. The van der Waals surface area contributed by atoms with E-state index in [9.17, 15) is 0 Å². The third-order valence-electron chi connectivity index (χ3n) is 4.65. The van der Waals surface area contributed by atoms with Gasteiger partial charge in [0.05, 0.1) is 18.7 Å². The molecule has 0 amide bonds. The number of hydrogen-bond donors (Lipinski definition) is 0. The number of hydrogen-bond acceptors (Lipinski definition) is 2. The van der Waals surface area contributed by atoms with E-state index in [0.29, 0.717) is 0 Å². The molecule has 0 atom stereocenters. The van der Waals surface area contributed by atoms with Gasteiger partial charge in [-0.2, -0.15) is 5.01 Å². The second-order valence-corrected chi connectivity index (χ2v) is 7.33. The number of nitrogens with zero attached hydrogens (tertiary/aromatic N) is 2. The van der Waals surface area contributed by atoms with Gasteiger partial charge >= 0.3 is 0 Å². The fourth-order valence-corrected chi connectivity index (χ4v) is 4.48. The van der Waals surface area contributed by atoms with Crippen LogP contribution in [-0.4, -0.2) is 13.1 Å². The highest BCUT2D eigenvalue weighted by atomic mass is 32.1. The second kappa shape index (κ2) is 7.18. The Bertz CT molecular complexity index is 715. The van der Waals surface area contributed by atoms with Gasteiger partial charge in [-0.25, -0.2) is 0 Å². The molecular formula is C21H23N2S+. The summed E-state index contributed by atoms with van der Waals surface area (Å²) < 4.78 is 2.37. The van der Waals surface area contributed by atoms with Crippen molar-refractivity contribution in [3.8, 4) is 21.6 Å². The minimum Gasteiger partial charge on any atom is -0.168 e. The first-order chi connectivity index (χ1) is 11.9. The number of rotatable bonds is 3. The SMILES string of the molecule is c1ccc(-c2c[n+](N3CCCCCC3)sc2-c2ccccc2)cc1. The maximum Gasteiger partial charge on any atom is 0.225 e. The highest BCUT2D eigenvalue weighted by Crippen LogP contribution is 2.34. The van der Waals surface area contributed by atoms with Crippen LogP contribution < -0.4 is 9.07 Å². The summed E-state index contributed by atoms with van der Waals surface area (Å²) in [7, 11) is 0. The lowest BCUT2D eigenvalue weighted by Gasteiger charge is -2.11. The van der Waals surface area contributed by atoms with Crippen molar-refractivity contribution in [3.05, 3.63) is 66.9 Å². The van der Waals surface area contributed by atoms with E-state index >= 15 is 0 Å². The molecule has 0 bridgehead atoms. The lowest BCUT2D eigenvalue weighted by molar-refractivity contribution is -0.625. The first-order valence-electron chi connectivity index (χ1n) is 8.84. The summed E-state index contributed by atoms with van der Waals surface area (Å²) in [6, 6.07) is 21.5. The zero-order valence-corrected chi connectivity index (χ0v) is 14.7. The van der Waals surface area contributed by atoms with Gasteiger partial charge in [-0.05, 0) is 28.0 Å². The molecule has 0 saturated carbocycles. The van der Waals surface area contributed by atoms with E-state index < -0.39 is 0 Å². The maximum atomic E-state index is 2.51. The van der Waals surface area contributed by atoms with Crippen molar-refractivity contribution in [3.63, 3.8) is 0 Å². The summed E-state index contributed by atoms with van der Waals surface area (Å²) in [6.07, 6.45) is 7.64. The third-order valence-corrected chi connectivity index (χ3v) is 5.81. The van der Waals surface area contributed by atoms with Gasteiger partial charge in [-0.15, -0.1) is 0 Å². The summed E-state index contributed by atoms with van der Waals surface area (Å²) in [5.41, 5.74) is 3.92. The van der Waals surface area contributed by atoms with Crippen LogP contribution in [0.5, 0.6) is 0 Å². The Morgan fingerprint density at radius 1 is 0.708 bits per heavy atom. The zero-order chi connectivity index (χ0) is 16.2. The van der Waals surface area contributed by atoms with Crippen molar-refractivity contribution in [2.75, 3.05) is 18.1 Å². The van der Waals surface area contributed by atoms with Gasteiger partial charge in [0.15, 0.2) is 11.5 Å². The quantitative estimate of drug-likeness (QED) is 0.619. The number of aromatic nitrogens is 1. The minimum absolute atomic E-state index is 1.16. The smallest absolute Gasteiger partial charge is 0.168 e. The predicted molar refractivity (Wildman–Crippen MR) is 102 cm³/mol. The van der Waals surface area contributed by atoms with Crippen LogP contribution >= 0.6 is 11.5 Å². The molecule has 1 aromatic heterocycles. The first kappa shape index (κ1) is 15.4. The Morgan fingerprint density at radius 2 is 1.29 bits per heavy atom. The summed E-state index contributed by atoms with van der Waals surface area (Å²) in [4.78, 5) is 1.35. The Morgan fingerprint density at radius 3 is 1.92 bits per heavy atom. The molecule has 2 nitrogen and oxygen atoms in total. The van der Waals surface area contributed by atoms with Crippen molar-refractivity contribution in [2.24, 2.45) is 0 Å². The van der Waals surface area contributed by atoms with Gasteiger partial charge in [-0.3, -0.25) is 0 Å². The average Bonchev–Trinajstić information content (AvgIpc) is 2.91. The van der Waals surface area contributed by atoms with Gasteiger partial charge in [-0.1, -0.05) is 73.5 Å². The molecule has 0 unspecified atom stereocenters. The van der Waals surface area contributed by atoms with Crippen LogP contribution in [0.3, 0.4) is 0 Å². The Labute approximate surface area is 148 Å². The van der Waals surface area contributed by atoms with Gasteiger partial charge in [0.25, 0.3) is 0 Å². The van der Waals surface area contributed by atoms with E-state index in [2.05, 4.69) is 75.9 Å². The molecule has 1 aliphatic rings. The highest BCUT2D eigenvalue weighted by molar-refractivity contribution is 7.06. The molecule has 3 aromatic rings. The topological polar surface area (TPSA) is 7.12 Å². The molecule has 1 aliphatic heterocycles. The molecule has 0 radical (unpaired) electrons. The van der Waals surface area contributed by atoms with Crippen LogP contribution in [0.1, 0.15) is 25.7 Å². The van der Waals surface area contributed by atoms with Crippen molar-refractivity contribution >= 4 is 11.5 Å². The van der Waals surface area contributed by atoms with Crippen LogP contribution in [-0.2, 0) is 0 Å². The molecular weight excluding hydrogens is 312 g/mol. The molecule has 24 heavy (non-hydrogen) atoms. The van der Waals surface area contributed by atoms with Crippen LogP contribution in [0.25, 0.3) is 21.6 Å². The van der Waals surface area contributed by atoms with Crippen LogP contribution in [0, 0.1) is 0 Å². The third kappa shape index (κ3) is 3.22. The van der Waals surface area contributed by atoms with E-state index in [1.807, 2.05) is 11.5 Å². The van der Waals surface area contributed by atoms with E-state index in [-0.39, 0.29) is 0 Å². The second-order valence-electron chi connectivity index (χ2n) is 6.37. The van der Waals surface area contributed by atoms with Crippen molar-refractivity contribution in [1.82, 2.24) is 0 Å². The van der Waals surface area contributed by atoms with E-state index in [1.54, 1.807) is 0 Å². The van der Waals surface area contributed by atoms with Crippen LogP contribution in [0.4, 0.5) is 0 Å². The van der Waals surface area contributed by atoms with E-state index in [4.69, 9.17) is 0 Å². The van der Waals surface area contributed by atoms with E-state index in [0.717, 1.165) is 13.1 Å². The zero-order valence-electron chi connectivity index (χ0n) is 13.9. The fraction of sp³-hybridized carbons (Fsp3) is 0.286. The van der Waals surface area contributed by atoms with Crippen molar-refractivity contribution in [1.29, 1.82) is 0 Å². The van der Waals surface area contributed by atoms with Gasteiger partial charge in [0.2, 0.25) is 6.20 Å². The Hall–Kier alpha value is -2.13. The highest BCUT2D eigenvalue weighted by Gasteiger charge is 2.24. The molecule has 1 saturated heterocycles. The standard InChI is InChI=1S/C21H23N2S/c1-2-10-16-22(15-9-1)23-17-20(18-11-5-3-6-12-18)21(24-23)19-13-7-4-8-14-19/h3-8,11-14,17H,1-2,9-10,15-16H2/q+1. The lowest BCUT2D eigenvalue weighted by atomic mass is 10.0. The largest absolute Gasteiger partial charge is 0.225 e. The molecule has 3 heteroatoms. The minimum atomic E-state index is 1.16. The molecule has 2 aromatic carbocycles. The Balaban J connectivity index is 1.79. The number of benzene rings is 2. The van der Waals surface area contributed by atoms with Gasteiger partial charge in [0.1, 0.15) is 4.88 Å². The van der Waals surface area contributed by atoms with Crippen molar-refractivity contribution in [2.45, 2.75) is 25.7 Å². The molecule has 4 rings (SSSR count). The molecule has 1 fully saturated rings. The monoisotopic (exact) mass is 335 g/mol. The normalized spacial score (nSPS) is 15.2. The first-order valence-corrected chi connectivity index (χ1v) is 9.61. The lowest BCUT2D eigenvalue weighted by Crippen LogP contribution is -2.55. The summed E-state index contributed by atoms with van der Waals surface area (Å²) in [5, 5.41) is 2.51. The molecule has 122 valence electrons. The molecule has 2 heterocycles. The van der Waals surface area contributed by atoms with Crippen molar-refractivity contribution < 1.29 is 4.07 Å². The van der Waals surface area contributed by atoms with Crippen LogP contribution in [0.15, 0.2) is 66.9 Å². The van der Waals surface area contributed by atoms with Gasteiger partial charge in [0, 0.05) is 0 Å². The molecule has 0 spiro atoms. The van der Waals surface area contributed by atoms with E-state index in [1.165, 1.54) is 47.3 Å². The summed E-state index contributed by atoms with van der Waals surface area (Å²) in [5.74, 6) is 0. The van der Waals surface area contributed by atoms with Gasteiger partial charge < -0.3 is 0 Å². The molecule has 0 aliphatic carbocycles. The predicted octanol–water partition coefficient (Wildman–Crippen LogP) is 4.88. The maximum absolute atomic E-state index is 2.51. The van der Waals surface area contributed by atoms with Crippen LogP contribution in [0.2, 0.25) is 0 Å². The fourth-order valence-electron chi connectivity index (χ4n) is 3.35. The molecule has 0 N–H and O–H groups in total. The Kier molecular flexibility index (Phi) is 4.61.